The average Bonchev–Trinajstić information content (AvgIpc) is 3.07. The van der Waals surface area contributed by atoms with Crippen LogP contribution in [0, 0.1) is 0 Å². The number of nitrogens with zero attached hydrogens (tertiary/aromatic N) is 3. The standard InChI is InChI=1S/C20H23N5O/c1-3-13-4-6-15(7-5-13)18-12-17(14-8-10-16(26-2)11-9-14)22-20-23-19(21)24-25(18)20/h4-11,17-18H,3,12H2,1-2H3,(H3,21,22,23,24). The molecule has 6 nitrogen and oxygen atoms in total. The number of anilines is 2. The number of nitrogens with one attached hydrogen (secondary N) is 1. The van der Waals surface area contributed by atoms with Gasteiger partial charge in [0, 0.05) is 0 Å². The first-order valence-corrected chi connectivity index (χ1v) is 8.89. The number of benzene rings is 2. The summed E-state index contributed by atoms with van der Waals surface area (Å²) in [5, 5.41) is 7.87. The molecule has 0 bridgehead atoms. The molecule has 2 unspecified atom stereocenters. The van der Waals surface area contributed by atoms with Gasteiger partial charge in [0.15, 0.2) is 0 Å². The largest absolute Gasteiger partial charge is 0.497 e. The maximum Gasteiger partial charge on any atom is 0.241 e. The summed E-state index contributed by atoms with van der Waals surface area (Å²) in [6, 6.07) is 17.1. The Hall–Kier alpha value is -3.02. The second kappa shape index (κ2) is 6.71. The molecule has 6 heteroatoms. The van der Waals surface area contributed by atoms with Crippen molar-refractivity contribution in [3.05, 3.63) is 65.2 Å². The van der Waals surface area contributed by atoms with Gasteiger partial charge < -0.3 is 15.8 Å². The Bertz CT molecular complexity index is 886. The molecule has 0 fully saturated rings. The van der Waals surface area contributed by atoms with Gasteiger partial charge >= 0.3 is 0 Å². The van der Waals surface area contributed by atoms with Crippen LogP contribution in [0.25, 0.3) is 0 Å². The molecule has 0 amide bonds. The quantitative estimate of drug-likeness (QED) is 0.753. The molecule has 0 saturated heterocycles. The highest BCUT2D eigenvalue weighted by atomic mass is 16.5. The highest BCUT2D eigenvalue weighted by Gasteiger charge is 2.30. The number of aryl methyl sites for hydroxylation is 1. The molecule has 0 saturated carbocycles. The third kappa shape index (κ3) is 2.98. The Morgan fingerprint density at radius 3 is 2.46 bits per heavy atom. The van der Waals surface area contributed by atoms with Crippen molar-refractivity contribution in [2.24, 2.45) is 0 Å². The molecule has 2 atom stereocenters. The number of methoxy groups -OCH3 is 1. The van der Waals surface area contributed by atoms with Crippen LogP contribution in [0.3, 0.4) is 0 Å². The van der Waals surface area contributed by atoms with E-state index >= 15 is 0 Å². The first kappa shape index (κ1) is 16.4. The molecule has 0 aliphatic carbocycles. The molecule has 0 radical (unpaired) electrons. The zero-order valence-electron chi connectivity index (χ0n) is 15.0. The van der Waals surface area contributed by atoms with Crippen LogP contribution in [-0.4, -0.2) is 21.9 Å². The van der Waals surface area contributed by atoms with Gasteiger partial charge in [0.25, 0.3) is 0 Å². The summed E-state index contributed by atoms with van der Waals surface area (Å²) in [7, 11) is 1.68. The maximum atomic E-state index is 5.87. The fourth-order valence-corrected chi connectivity index (χ4v) is 3.50. The number of aromatic nitrogens is 3. The second-order valence-corrected chi connectivity index (χ2v) is 6.55. The Balaban J connectivity index is 1.69. The van der Waals surface area contributed by atoms with Gasteiger partial charge in [-0.2, -0.15) is 4.98 Å². The normalized spacial score (nSPS) is 18.8. The van der Waals surface area contributed by atoms with Gasteiger partial charge in [-0.05, 0) is 41.7 Å². The first-order chi connectivity index (χ1) is 12.7. The first-order valence-electron chi connectivity index (χ1n) is 8.89. The van der Waals surface area contributed by atoms with Crippen molar-refractivity contribution in [2.75, 3.05) is 18.2 Å². The summed E-state index contributed by atoms with van der Waals surface area (Å²) in [4.78, 5) is 4.36. The van der Waals surface area contributed by atoms with E-state index in [-0.39, 0.29) is 18.0 Å². The van der Waals surface area contributed by atoms with E-state index in [1.165, 1.54) is 16.7 Å². The van der Waals surface area contributed by atoms with Gasteiger partial charge in [0.2, 0.25) is 11.9 Å². The molecule has 26 heavy (non-hydrogen) atoms. The predicted octanol–water partition coefficient (Wildman–Crippen LogP) is 3.58. The molecule has 1 aliphatic heterocycles. The van der Waals surface area contributed by atoms with E-state index < -0.39 is 0 Å². The number of fused-ring (bicyclic) bond motifs is 1. The number of ether oxygens (including phenoxy) is 1. The molecule has 2 aromatic carbocycles. The molecule has 1 aromatic heterocycles. The lowest BCUT2D eigenvalue weighted by Gasteiger charge is -2.31. The summed E-state index contributed by atoms with van der Waals surface area (Å²) >= 11 is 0. The van der Waals surface area contributed by atoms with Crippen molar-refractivity contribution in [1.29, 1.82) is 0 Å². The van der Waals surface area contributed by atoms with E-state index in [0.717, 1.165) is 18.6 Å². The molecular weight excluding hydrogens is 326 g/mol. The lowest BCUT2D eigenvalue weighted by molar-refractivity contribution is 0.413. The summed E-state index contributed by atoms with van der Waals surface area (Å²) in [6.07, 6.45) is 1.90. The Kier molecular flexibility index (Phi) is 4.24. The fourth-order valence-electron chi connectivity index (χ4n) is 3.50. The zero-order valence-corrected chi connectivity index (χ0v) is 15.0. The second-order valence-electron chi connectivity index (χ2n) is 6.55. The van der Waals surface area contributed by atoms with Crippen LogP contribution in [0.1, 0.15) is 42.1 Å². The minimum atomic E-state index is 0.0917. The van der Waals surface area contributed by atoms with E-state index in [1.807, 2.05) is 16.8 Å². The molecule has 134 valence electrons. The van der Waals surface area contributed by atoms with Crippen molar-refractivity contribution >= 4 is 11.9 Å². The van der Waals surface area contributed by atoms with Gasteiger partial charge in [-0.3, -0.25) is 0 Å². The molecule has 4 rings (SSSR count). The van der Waals surface area contributed by atoms with Crippen LogP contribution >= 0.6 is 0 Å². The van der Waals surface area contributed by atoms with E-state index in [2.05, 4.69) is 58.7 Å². The van der Waals surface area contributed by atoms with Crippen molar-refractivity contribution in [1.82, 2.24) is 14.8 Å². The molecule has 1 aliphatic rings. The van der Waals surface area contributed by atoms with Gasteiger partial charge in [0.1, 0.15) is 5.75 Å². The van der Waals surface area contributed by atoms with E-state index in [1.54, 1.807) is 7.11 Å². The monoisotopic (exact) mass is 349 g/mol. The van der Waals surface area contributed by atoms with Gasteiger partial charge in [-0.15, -0.1) is 5.10 Å². The van der Waals surface area contributed by atoms with Crippen LogP contribution in [-0.2, 0) is 6.42 Å². The predicted molar refractivity (Wildman–Crippen MR) is 102 cm³/mol. The van der Waals surface area contributed by atoms with Gasteiger partial charge in [-0.1, -0.05) is 43.3 Å². The summed E-state index contributed by atoms with van der Waals surface area (Å²) in [5.74, 6) is 1.85. The SMILES string of the molecule is CCc1ccc(C2CC(c3ccc(OC)cc3)Nc3nc(N)nn32)cc1. The molecule has 3 N–H and O–H groups in total. The number of hydrogen-bond acceptors (Lipinski definition) is 5. The average molecular weight is 349 g/mol. The van der Waals surface area contributed by atoms with Crippen LogP contribution in [0.2, 0.25) is 0 Å². The minimum Gasteiger partial charge on any atom is -0.497 e. The topological polar surface area (TPSA) is 78.0 Å². The minimum absolute atomic E-state index is 0.0917. The number of rotatable bonds is 4. The highest BCUT2D eigenvalue weighted by molar-refractivity contribution is 5.42. The summed E-state index contributed by atoms with van der Waals surface area (Å²) in [6.45, 7) is 2.16. The lowest BCUT2D eigenvalue weighted by Crippen LogP contribution is -2.28. The van der Waals surface area contributed by atoms with Crippen molar-refractivity contribution in [3.8, 4) is 5.75 Å². The summed E-state index contributed by atoms with van der Waals surface area (Å²) in [5.41, 5.74) is 9.60. The molecule has 0 spiro atoms. The highest BCUT2D eigenvalue weighted by Crippen LogP contribution is 2.38. The Morgan fingerprint density at radius 1 is 1.12 bits per heavy atom. The number of nitrogen functional groups attached to an aromatic ring is 1. The van der Waals surface area contributed by atoms with Crippen LogP contribution in [0.4, 0.5) is 11.9 Å². The zero-order chi connectivity index (χ0) is 18.1. The van der Waals surface area contributed by atoms with Crippen molar-refractivity contribution in [2.45, 2.75) is 31.8 Å². The van der Waals surface area contributed by atoms with E-state index in [9.17, 15) is 0 Å². The fraction of sp³-hybridized carbons (Fsp3) is 0.300. The van der Waals surface area contributed by atoms with E-state index in [0.29, 0.717) is 5.95 Å². The molecular formula is C20H23N5O. The number of nitrogens with two attached hydrogens (primary N) is 1. The third-order valence-electron chi connectivity index (χ3n) is 5.00. The molecule has 3 aromatic rings. The lowest BCUT2D eigenvalue weighted by atomic mass is 9.93. The van der Waals surface area contributed by atoms with Gasteiger partial charge in [0.05, 0.1) is 19.2 Å². The Labute approximate surface area is 153 Å². The maximum absolute atomic E-state index is 5.87. The third-order valence-corrected chi connectivity index (χ3v) is 5.00. The van der Waals surface area contributed by atoms with Crippen LogP contribution in [0.5, 0.6) is 5.75 Å². The van der Waals surface area contributed by atoms with Gasteiger partial charge in [-0.25, -0.2) is 4.68 Å². The van der Waals surface area contributed by atoms with Crippen LogP contribution in [0.15, 0.2) is 48.5 Å². The van der Waals surface area contributed by atoms with E-state index in [4.69, 9.17) is 10.5 Å². The van der Waals surface area contributed by atoms with Crippen LogP contribution < -0.4 is 15.8 Å². The molecule has 2 heterocycles. The van der Waals surface area contributed by atoms with Crippen molar-refractivity contribution < 1.29 is 4.74 Å². The smallest absolute Gasteiger partial charge is 0.241 e. The van der Waals surface area contributed by atoms with Crippen molar-refractivity contribution in [3.63, 3.8) is 0 Å². The number of hydrogen-bond donors (Lipinski definition) is 2. The Morgan fingerprint density at radius 2 is 1.81 bits per heavy atom. The summed E-state index contributed by atoms with van der Waals surface area (Å²) < 4.78 is 7.16.